The van der Waals surface area contributed by atoms with Crippen LogP contribution in [0, 0.1) is 0 Å². The van der Waals surface area contributed by atoms with Crippen molar-refractivity contribution in [1.82, 2.24) is 0 Å². The van der Waals surface area contributed by atoms with E-state index in [2.05, 4.69) is 0 Å². The molecule has 0 radical (unpaired) electrons. The van der Waals surface area contributed by atoms with E-state index < -0.39 is 5.60 Å². The van der Waals surface area contributed by atoms with Gasteiger partial charge in [-0.05, 0) is 19.9 Å². The second-order valence-electron chi connectivity index (χ2n) is 3.42. The molecule has 0 aliphatic carbocycles. The molecule has 0 fully saturated rings. The summed E-state index contributed by atoms with van der Waals surface area (Å²) in [6.07, 6.45) is 0. The quantitative estimate of drug-likeness (QED) is 0.730. The maximum absolute atomic E-state index is 9.67. The number of hydrogen-bond donors (Lipinski definition) is 2. The van der Waals surface area contributed by atoms with Crippen LogP contribution in [0.3, 0.4) is 0 Å². The van der Waals surface area contributed by atoms with Crippen LogP contribution in [0.1, 0.15) is 19.4 Å². The summed E-state index contributed by atoms with van der Waals surface area (Å²) in [4.78, 5) is 0. The van der Waals surface area contributed by atoms with Gasteiger partial charge in [0.25, 0.3) is 0 Å². The zero-order valence-electron chi connectivity index (χ0n) is 8.03. The molecule has 0 heterocycles. The zero-order valence-corrected chi connectivity index (χ0v) is 8.03. The van der Waals surface area contributed by atoms with Crippen molar-refractivity contribution < 1.29 is 14.9 Å². The summed E-state index contributed by atoms with van der Waals surface area (Å²) in [5.74, 6) is 0.372. The van der Waals surface area contributed by atoms with E-state index in [1.165, 1.54) is 7.11 Å². The van der Waals surface area contributed by atoms with Gasteiger partial charge in [0.15, 0.2) is 11.5 Å². The largest absolute Gasteiger partial charge is 0.504 e. The van der Waals surface area contributed by atoms with Crippen molar-refractivity contribution in [2.24, 2.45) is 0 Å². The first-order valence-corrected chi connectivity index (χ1v) is 4.05. The molecule has 72 valence electrons. The van der Waals surface area contributed by atoms with Crippen molar-refractivity contribution in [1.29, 1.82) is 0 Å². The lowest BCUT2D eigenvalue weighted by Gasteiger charge is -2.19. The van der Waals surface area contributed by atoms with Crippen LogP contribution in [0.5, 0.6) is 11.5 Å². The van der Waals surface area contributed by atoms with Crippen molar-refractivity contribution in [2.45, 2.75) is 19.4 Å². The van der Waals surface area contributed by atoms with E-state index in [9.17, 15) is 10.2 Å². The van der Waals surface area contributed by atoms with Gasteiger partial charge in [-0.25, -0.2) is 0 Å². The molecule has 0 amide bonds. The SMILES string of the molecule is COc1cccc(C(C)(C)O)c1O. The number of phenolic OH excluding ortho intramolecular Hbond substituents is 1. The molecule has 1 aromatic carbocycles. The minimum Gasteiger partial charge on any atom is -0.504 e. The van der Waals surface area contributed by atoms with E-state index in [1.807, 2.05) is 0 Å². The molecule has 3 heteroatoms. The Morgan fingerprint density at radius 1 is 1.31 bits per heavy atom. The number of para-hydroxylation sites is 1. The standard InChI is InChI=1S/C10H14O3/c1-10(2,12)7-5-4-6-8(13-3)9(7)11/h4-6,11-12H,1-3H3. The number of ether oxygens (including phenoxy) is 1. The summed E-state index contributed by atoms with van der Waals surface area (Å²) < 4.78 is 4.92. The molecule has 0 saturated heterocycles. The van der Waals surface area contributed by atoms with Gasteiger partial charge < -0.3 is 14.9 Å². The molecule has 1 rings (SSSR count). The molecule has 13 heavy (non-hydrogen) atoms. The van der Waals surface area contributed by atoms with Gasteiger partial charge in [0.2, 0.25) is 0 Å². The van der Waals surface area contributed by atoms with Crippen LogP contribution < -0.4 is 4.74 Å². The Kier molecular flexibility index (Phi) is 2.48. The molecule has 0 bridgehead atoms. The van der Waals surface area contributed by atoms with Crippen molar-refractivity contribution in [2.75, 3.05) is 7.11 Å². The number of phenols is 1. The van der Waals surface area contributed by atoms with Crippen molar-refractivity contribution in [3.8, 4) is 11.5 Å². The zero-order chi connectivity index (χ0) is 10.1. The Morgan fingerprint density at radius 3 is 2.38 bits per heavy atom. The number of hydrogen-bond acceptors (Lipinski definition) is 3. The third-order valence-electron chi connectivity index (χ3n) is 1.88. The van der Waals surface area contributed by atoms with E-state index in [0.717, 1.165) is 0 Å². The summed E-state index contributed by atoms with van der Waals surface area (Å²) in [5, 5.41) is 19.3. The van der Waals surface area contributed by atoms with Gasteiger partial charge in [-0.2, -0.15) is 0 Å². The molecule has 0 aromatic heterocycles. The number of benzene rings is 1. The fourth-order valence-corrected chi connectivity index (χ4v) is 1.18. The molecule has 0 atom stereocenters. The maximum Gasteiger partial charge on any atom is 0.163 e. The van der Waals surface area contributed by atoms with Gasteiger partial charge in [0.1, 0.15) is 0 Å². The van der Waals surface area contributed by atoms with Crippen LogP contribution in [0.15, 0.2) is 18.2 Å². The number of aromatic hydroxyl groups is 1. The molecule has 0 saturated carbocycles. The molecular formula is C10H14O3. The van der Waals surface area contributed by atoms with E-state index in [4.69, 9.17) is 4.74 Å². The highest BCUT2D eigenvalue weighted by molar-refractivity contribution is 5.47. The Balaban J connectivity index is 3.24. The lowest BCUT2D eigenvalue weighted by Crippen LogP contribution is -2.15. The highest BCUT2D eigenvalue weighted by atomic mass is 16.5. The molecule has 2 N–H and O–H groups in total. The third kappa shape index (κ3) is 1.92. The summed E-state index contributed by atoms with van der Waals surface area (Å²) >= 11 is 0. The summed E-state index contributed by atoms with van der Waals surface area (Å²) in [6.45, 7) is 3.23. The molecular weight excluding hydrogens is 168 g/mol. The summed E-state index contributed by atoms with van der Waals surface area (Å²) in [5.41, 5.74) is -0.592. The first-order valence-electron chi connectivity index (χ1n) is 4.05. The average molecular weight is 182 g/mol. The number of rotatable bonds is 2. The van der Waals surface area contributed by atoms with Crippen molar-refractivity contribution in [3.63, 3.8) is 0 Å². The topological polar surface area (TPSA) is 49.7 Å². The number of methoxy groups -OCH3 is 1. The highest BCUT2D eigenvalue weighted by Gasteiger charge is 2.21. The molecule has 0 spiro atoms. The highest BCUT2D eigenvalue weighted by Crippen LogP contribution is 2.35. The van der Waals surface area contributed by atoms with Gasteiger partial charge >= 0.3 is 0 Å². The Labute approximate surface area is 77.6 Å². The fraction of sp³-hybridized carbons (Fsp3) is 0.400. The maximum atomic E-state index is 9.67. The van der Waals surface area contributed by atoms with Gasteiger partial charge in [0, 0.05) is 5.56 Å². The van der Waals surface area contributed by atoms with Crippen LogP contribution in [-0.4, -0.2) is 17.3 Å². The van der Waals surface area contributed by atoms with Crippen molar-refractivity contribution >= 4 is 0 Å². The monoisotopic (exact) mass is 182 g/mol. The lowest BCUT2D eigenvalue weighted by molar-refractivity contribution is 0.0753. The minimum absolute atomic E-state index is 0.00231. The third-order valence-corrected chi connectivity index (χ3v) is 1.88. The Hall–Kier alpha value is -1.22. The van der Waals surface area contributed by atoms with E-state index in [-0.39, 0.29) is 5.75 Å². The molecule has 0 aliphatic rings. The van der Waals surface area contributed by atoms with Gasteiger partial charge in [-0.3, -0.25) is 0 Å². The normalized spacial score (nSPS) is 11.4. The summed E-state index contributed by atoms with van der Waals surface area (Å²) in [6, 6.07) is 5.04. The average Bonchev–Trinajstić information content (AvgIpc) is 2.02. The van der Waals surface area contributed by atoms with Gasteiger partial charge in [0.05, 0.1) is 12.7 Å². The summed E-state index contributed by atoms with van der Waals surface area (Å²) in [7, 11) is 1.48. The van der Waals surface area contributed by atoms with Crippen molar-refractivity contribution in [3.05, 3.63) is 23.8 Å². The molecule has 0 aliphatic heterocycles. The Morgan fingerprint density at radius 2 is 1.92 bits per heavy atom. The van der Waals surface area contributed by atoms with Crippen LogP contribution in [0.2, 0.25) is 0 Å². The second-order valence-corrected chi connectivity index (χ2v) is 3.42. The predicted octanol–water partition coefficient (Wildman–Crippen LogP) is 1.63. The Bertz CT molecular complexity index is 300. The lowest BCUT2D eigenvalue weighted by atomic mass is 9.97. The predicted molar refractivity (Wildman–Crippen MR) is 49.9 cm³/mol. The smallest absolute Gasteiger partial charge is 0.163 e. The number of aliphatic hydroxyl groups is 1. The van der Waals surface area contributed by atoms with Crippen LogP contribution in [-0.2, 0) is 5.60 Å². The van der Waals surface area contributed by atoms with E-state index in [0.29, 0.717) is 11.3 Å². The molecule has 0 unspecified atom stereocenters. The fourth-order valence-electron chi connectivity index (χ4n) is 1.18. The van der Waals surface area contributed by atoms with E-state index >= 15 is 0 Å². The molecule has 3 nitrogen and oxygen atoms in total. The minimum atomic E-state index is -1.06. The van der Waals surface area contributed by atoms with Crippen LogP contribution >= 0.6 is 0 Å². The first-order chi connectivity index (χ1) is 5.96. The van der Waals surface area contributed by atoms with Crippen LogP contribution in [0.4, 0.5) is 0 Å². The second kappa shape index (κ2) is 3.26. The van der Waals surface area contributed by atoms with E-state index in [1.54, 1.807) is 32.0 Å². The molecule has 1 aromatic rings. The van der Waals surface area contributed by atoms with Crippen LogP contribution in [0.25, 0.3) is 0 Å². The first kappa shape index (κ1) is 9.86. The van der Waals surface area contributed by atoms with Gasteiger partial charge in [-0.1, -0.05) is 12.1 Å². The van der Waals surface area contributed by atoms with Gasteiger partial charge in [-0.15, -0.1) is 0 Å².